The third-order valence-corrected chi connectivity index (χ3v) is 4.99. The molecular formula is C16H29NO2. The first-order chi connectivity index (χ1) is 8.67. The Labute approximate surface area is 117 Å². The molecule has 2 atom stereocenters. The van der Waals surface area contributed by atoms with Crippen molar-refractivity contribution in [1.29, 1.82) is 0 Å². The summed E-state index contributed by atoms with van der Waals surface area (Å²) in [6.07, 6.45) is 8.28. The highest BCUT2D eigenvalue weighted by Crippen LogP contribution is 2.56. The first-order valence-corrected chi connectivity index (χ1v) is 7.66. The van der Waals surface area contributed by atoms with Crippen molar-refractivity contribution < 1.29 is 9.53 Å². The van der Waals surface area contributed by atoms with Gasteiger partial charge in [-0.2, -0.15) is 0 Å². The van der Waals surface area contributed by atoms with Crippen LogP contribution in [0.2, 0.25) is 0 Å². The van der Waals surface area contributed by atoms with Crippen LogP contribution >= 0.6 is 0 Å². The van der Waals surface area contributed by atoms with E-state index < -0.39 is 11.0 Å². The van der Waals surface area contributed by atoms with Gasteiger partial charge < -0.3 is 10.5 Å². The predicted octanol–water partition coefficient (Wildman–Crippen LogP) is 3.41. The van der Waals surface area contributed by atoms with Crippen LogP contribution in [0.25, 0.3) is 0 Å². The molecule has 19 heavy (non-hydrogen) atoms. The van der Waals surface area contributed by atoms with Crippen LogP contribution in [0.3, 0.4) is 0 Å². The number of rotatable bonds is 1. The molecule has 0 aliphatic heterocycles. The first kappa shape index (κ1) is 14.8. The molecule has 0 aromatic heterocycles. The highest BCUT2D eigenvalue weighted by atomic mass is 16.6. The van der Waals surface area contributed by atoms with Crippen molar-refractivity contribution in [2.24, 2.45) is 16.6 Å². The maximum Gasteiger partial charge on any atom is 0.313 e. The minimum atomic E-state index is -0.495. The molecule has 1 spiro atoms. The van der Waals surface area contributed by atoms with E-state index in [9.17, 15) is 4.79 Å². The van der Waals surface area contributed by atoms with Crippen LogP contribution in [0.4, 0.5) is 0 Å². The molecule has 2 aliphatic rings. The zero-order chi connectivity index (χ0) is 14.3. The maximum absolute atomic E-state index is 12.5. The molecule has 3 nitrogen and oxygen atoms in total. The second kappa shape index (κ2) is 4.76. The molecule has 2 rings (SSSR count). The van der Waals surface area contributed by atoms with Crippen molar-refractivity contribution in [3.63, 3.8) is 0 Å². The Bertz CT molecular complexity index is 352. The number of esters is 1. The molecule has 0 bridgehead atoms. The van der Waals surface area contributed by atoms with Crippen LogP contribution < -0.4 is 5.73 Å². The molecule has 110 valence electrons. The molecule has 2 fully saturated rings. The molecule has 0 amide bonds. The standard InChI is InChI=1S/C16H29NO2/c1-14(2,3)19-13(18)15(4)11-16(10-12(15)17)8-6-5-7-9-16/h12H,5-11,17H2,1-4H3. The summed E-state index contributed by atoms with van der Waals surface area (Å²) >= 11 is 0. The van der Waals surface area contributed by atoms with Gasteiger partial charge in [0.25, 0.3) is 0 Å². The van der Waals surface area contributed by atoms with E-state index in [1.807, 2.05) is 27.7 Å². The molecule has 0 aromatic carbocycles. The Morgan fingerprint density at radius 2 is 1.79 bits per heavy atom. The minimum Gasteiger partial charge on any atom is -0.460 e. The van der Waals surface area contributed by atoms with E-state index in [2.05, 4.69) is 0 Å². The summed E-state index contributed by atoms with van der Waals surface area (Å²) in [6.45, 7) is 7.77. The summed E-state index contributed by atoms with van der Waals surface area (Å²) in [7, 11) is 0. The molecule has 2 aliphatic carbocycles. The molecule has 0 aromatic rings. The van der Waals surface area contributed by atoms with Crippen LogP contribution in [-0.4, -0.2) is 17.6 Å². The topological polar surface area (TPSA) is 52.3 Å². The Morgan fingerprint density at radius 1 is 1.21 bits per heavy atom. The van der Waals surface area contributed by atoms with Gasteiger partial charge in [-0.3, -0.25) is 4.79 Å². The lowest BCUT2D eigenvalue weighted by Crippen LogP contribution is -2.44. The normalized spacial score (nSPS) is 34.5. The summed E-state index contributed by atoms with van der Waals surface area (Å²) in [6, 6.07) is -0.0551. The van der Waals surface area contributed by atoms with Crippen LogP contribution in [0.1, 0.15) is 72.6 Å². The van der Waals surface area contributed by atoms with Gasteiger partial charge in [-0.25, -0.2) is 0 Å². The van der Waals surface area contributed by atoms with Gasteiger partial charge >= 0.3 is 5.97 Å². The Balaban J connectivity index is 2.13. The van der Waals surface area contributed by atoms with Crippen LogP contribution in [0.15, 0.2) is 0 Å². The zero-order valence-electron chi connectivity index (χ0n) is 12.9. The molecule has 0 saturated heterocycles. The lowest BCUT2D eigenvalue weighted by atomic mass is 9.71. The quantitative estimate of drug-likeness (QED) is 0.741. The fourth-order valence-electron chi connectivity index (χ4n) is 3.97. The van der Waals surface area contributed by atoms with Crippen molar-refractivity contribution in [3.05, 3.63) is 0 Å². The summed E-state index contributed by atoms with van der Waals surface area (Å²) in [5.74, 6) is -0.102. The molecule has 2 unspecified atom stereocenters. The second-order valence-electron chi connectivity index (χ2n) is 7.97. The van der Waals surface area contributed by atoms with Crippen LogP contribution in [0, 0.1) is 10.8 Å². The van der Waals surface area contributed by atoms with Crippen molar-refractivity contribution in [3.8, 4) is 0 Å². The van der Waals surface area contributed by atoms with Gasteiger partial charge in [-0.15, -0.1) is 0 Å². The van der Waals surface area contributed by atoms with Crippen molar-refractivity contribution in [2.75, 3.05) is 0 Å². The highest BCUT2D eigenvalue weighted by molar-refractivity contribution is 5.78. The van der Waals surface area contributed by atoms with Gasteiger partial charge in [0.1, 0.15) is 5.60 Å². The van der Waals surface area contributed by atoms with Crippen LogP contribution in [-0.2, 0) is 9.53 Å². The molecular weight excluding hydrogens is 238 g/mol. The molecule has 0 heterocycles. The SMILES string of the molecule is CC(C)(C)OC(=O)C1(C)CC2(CCCCC2)CC1N. The molecule has 2 N–H and O–H groups in total. The van der Waals surface area contributed by atoms with E-state index in [-0.39, 0.29) is 12.0 Å². The number of carbonyl (C=O) groups is 1. The van der Waals surface area contributed by atoms with Crippen molar-refractivity contribution >= 4 is 5.97 Å². The van der Waals surface area contributed by atoms with Gasteiger partial charge in [-0.05, 0) is 58.8 Å². The fourth-order valence-corrected chi connectivity index (χ4v) is 3.97. The maximum atomic E-state index is 12.5. The number of carbonyl (C=O) groups excluding carboxylic acids is 1. The number of hydrogen-bond donors (Lipinski definition) is 1. The summed E-state index contributed by atoms with van der Waals surface area (Å²) in [5.41, 5.74) is 5.72. The Morgan fingerprint density at radius 3 is 2.32 bits per heavy atom. The molecule has 0 radical (unpaired) electrons. The van der Waals surface area contributed by atoms with Crippen molar-refractivity contribution in [1.82, 2.24) is 0 Å². The minimum absolute atomic E-state index is 0.0551. The average molecular weight is 267 g/mol. The largest absolute Gasteiger partial charge is 0.460 e. The number of nitrogens with two attached hydrogens (primary N) is 1. The third kappa shape index (κ3) is 2.96. The van der Waals surface area contributed by atoms with E-state index >= 15 is 0 Å². The van der Waals surface area contributed by atoms with Gasteiger partial charge in [0, 0.05) is 6.04 Å². The van der Waals surface area contributed by atoms with Gasteiger partial charge in [0.05, 0.1) is 5.41 Å². The Kier molecular flexibility index (Phi) is 3.72. The monoisotopic (exact) mass is 267 g/mol. The van der Waals surface area contributed by atoms with Gasteiger partial charge in [0.2, 0.25) is 0 Å². The highest BCUT2D eigenvalue weighted by Gasteiger charge is 2.55. The van der Waals surface area contributed by atoms with Gasteiger partial charge in [-0.1, -0.05) is 19.3 Å². The second-order valence-corrected chi connectivity index (χ2v) is 7.97. The fraction of sp³-hybridized carbons (Fsp3) is 0.938. The predicted molar refractivity (Wildman–Crippen MR) is 76.7 cm³/mol. The summed E-state index contributed by atoms with van der Waals surface area (Å²) < 4.78 is 5.61. The average Bonchev–Trinajstić information content (AvgIpc) is 2.50. The molecule has 2 saturated carbocycles. The lowest BCUT2D eigenvalue weighted by molar-refractivity contribution is -0.167. The smallest absolute Gasteiger partial charge is 0.313 e. The zero-order valence-corrected chi connectivity index (χ0v) is 12.9. The van der Waals surface area contributed by atoms with E-state index in [0.717, 1.165) is 12.8 Å². The third-order valence-electron chi connectivity index (χ3n) is 4.99. The van der Waals surface area contributed by atoms with Gasteiger partial charge in [0.15, 0.2) is 0 Å². The Hall–Kier alpha value is -0.570. The van der Waals surface area contributed by atoms with E-state index in [1.54, 1.807) is 0 Å². The van der Waals surface area contributed by atoms with E-state index in [0.29, 0.717) is 5.41 Å². The van der Waals surface area contributed by atoms with E-state index in [4.69, 9.17) is 10.5 Å². The first-order valence-electron chi connectivity index (χ1n) is 7.66. The lowest BCUT2D eigenvalue weighted by Gasteiger charge is -2.35. The van der Waals surface area contributed by atoms with Crippen LogP contribution in [0.5, 0.6) is 0 Å². The van der Waals surface area contributed by atoms with Crippen molar-refractivity contribution in [2.45, 2.75) is 84.3 Å². The number of ether oxygens (including phenoxy) is 1. The summed E-state index contributed by atoms with van der Waals surface area (Å²) in [5, 5.41) is 0. The summed E-state index contributed by atoms with van der Waals surface area (Å²) in [4.78, 5) is 12.5. The molecule has 3 heteroatoms. The van der Waals surface area contributed by atoms with E-state index in [1.165, 1.54) is 32.1 Å². The number of hydrogen-bond acceptors (Lipinski definition) is 3.